The summed E-state index contributed by atoms with van der Waals surface area (Å²) in [7, 11) is 3.35. The van der Waals surface area contributed by atoms with Gasteiger partial charge in [-0.3, -0.25) is 14.6 Å². The minimum absolute atomic E-state index is 0.0154. The minimum atomic E-state index is -0.127. The van der Waals surface area contributed by atoms with Gasteiger partial charge < -0.3 is 9.30 Å². The number of aryl methyl sites for hydroxylation is 2. The molecule has 0 saturated heterocycles. The Balaban J connectivity index is 1.67. The van der Waals surface area contributed by atoms with E-state index in [2.05, 4.69) is 4.98 Å². The number of hydrogen-bond donors (Lipinski definition) is 0. The number of methoxy groups -OCH3 is 1. The number of fused-ring (bicyclic) bond motifs is 3. The highest BCUT2D eigenvalue weighted by Crippen LogP contribution is 2.23. The predicted molar refractivity (Wildman–Crippen MR) is 110 cm³/mol. The van der Waals surface area contributed by atoms with E-state index in [1.807, 2.05) is 36.4 Å². The summed E-state index contributed by atoms with van der Waals surface area (Å²) in [5.74, 6) is 0.794. The first kappa shape index (κ1) is 17.9. The molecular formula is C23H20N2O3. The van der Waals surface area contributed by atoms with Gasteiger partial charge in [0.2, 0.25) is 0 Å². The minimum Gasteiger partial charge on any atom is -0.497 e. The van der Waals surface area contributed by atoms with Crippen molar-refractivity contribution in [1.29, 1.82) is 0 Å². The number of ketones is 1. The second-order valence-electron chi connectivity index (χ2n) is 6.79. The van der Waals surface area contributed by atoms with Gasteiger partial charge in [-0.1, -0.05) is 24.3 Å². The zero-order chi connectivity index (χ0) is 19.7. The second-order valence-corrected chi connectivity index (χ2v) is 6.79. The van der Waals surface area contributed by atoms with Crippen molar-refractivity contribution in [2.75, 3.05) is 7.11 Å². The van der Waals surface area contributed by atoms with Gasteiger partial charge in [-0.2, -0.15) is 0 Å². The lowest BCUT2D eigenvalue weighted by atomic mass is 9.99. The van der Waals surface area contributed by atoms with Gasteiger partial charge in [0, 0.05) is 36.0 Å². The van der Waals surface area contributed by atoms with Gasteiger partial charge in [0.25, 0.3) is 5.56 Å². The predicted octanol–water partition coefficient (Wildman–Crippen LogP) is 3.91. The molecule has 0 fully saturated rings. The number of ether oxygens (including phenoxy) is 1. The molecule has 5 nitrogen and oxygen atoms in total. The molecule has 4 rings (SSSR count). The number of carbonyl (C=O) groups is 1. The molecule has 2 aromatic carbocycles. The van der Waals surface area contributed by atoms with Crippen molar-refractivity contribution in [2.45, 2.75) is 12.8 Å². The molecule has 0 unspecified atom stereocenters. The quantitative estimate of drug-likeness (QED) is 0.394. The van der Waals surface area contributed by atoms with Crippen LogP contribution in [0.5, 0.6) is 5.75 Å². The van der Waals surface area contributed by atoms with E-state index < -0.39 is 0 Å². The fourth-order valence-corrected chi connectivity index (χ4v) is 3.53. The first-order chi connectivity index (χ1) is 13.6. The molecule has 0 aliphatic rings. The van der Waals surface area contributed by atoms with Crippen LogP contribution in [-0.2, 0) is 13.5 Å². The Morgan fingerprint density at radius 1 is 1.07 bits per heavy atom. The van der Waals surface area contributed by atoms with E-state index >= 15 is 0 Å². The molecule has 0 atom stereocenters. The lowest BCUT2D eigenvalue weighted by Crippen LogP contribution is -2.18. The van der Waals surface area contributed by atoms with Crippen LogP contribution < -0.4 is 10.3 Å². The third-order valence-corrected chi connectivity index (χ3v) is 5.10. The number of pyridine rings is 2. The fraction of sp³-hybridized carbons (Fsp3) is 0.174. The third kappa shape index (κ3) is 3.16. The smallest absolute Gasteiger partial charge is 0.258 e. The molecule has 28 heavy (non-hydrogen) atoms. The van der Waals surface area contributed by atoms with Gasteiger partial charge in [-0.25, -0.2) is 0 Å². The van der Waals surface area contributed by atoms with Gasteiger partial charge in [0.1, 0.15) is 5.75 Å². The van der Waals surface area contributed by atoms with Gasteiger partial charge in [-0.15, -0.1) is 0 Å². The Kier molecular flexibility index (Phi) is 4.65. The summed E-state index contributed by atoms with van der Waals surface area (Å²) in [6, 6.07) is 15.0. The van der Waals surface area contributed by atoms with Gasteiger partial charge in [0.05, 0.1) is 18.8 Å². The van der Waals surface area contributed by atoms with E-state index in [1.54, 1.807) is 43.3 Å². The Bertz CT molecular complexity index is 1260. The van der Waals surface area contributed by atoms with E-state index in [0.29, 0.717) is 23.8 Å². The highest BCUT2D eigenvalue weighted by Gasteiger charge is 2.12. The van der Waals surface area contributed by atoms with Crippen LogP contribution in [0.25, 0.3) is 21.7 Å². The number of carbonyl (C=O) groups excluding carboxylic acids is 1. The Morgan fingerprint density at radius 2 is 1.93 bits per heavy atom. The molecule has 0 saturated carbocycles. The monoisotopic (exact) mass is 372 g/mol. The highest BCUT2D eigenvalue weighted by atomic mass is 16.5. The summed E-state index contributed by atoms with van der Waals surface area (Å²) in [6.07, 6.45) is 4.38. The van der Waals surface area contributed by atoms with Crippen molar-refractivity contribution in [3.8, 4) is 5.75 Å². The van der Waals surface area contributed by atoms with E-state index in [4.69, 9.17) is 4.74 Å². The summed E-state index contributed by atoms with van der Waals surface area (Å²) in [5.41, 5.74) is 2.25. The van der Waals surface area contributed by atoms with Crippen LogP contribution in [0.4, 0.5) is 0 Å². The van der Waals surface area contributed by atoms with Crippen molar-refractivity contribution >= 4 is 27.5 Å². The zero-order valence-corrected chi connectivity index (χ0v) is 15.8. The largest absolute Gasteiger partial charge is 0.497 e. The van der Waals surface area contributed by atoms with Crippen molar-refractivity contribution in [2.24, 2.45) is 7.05 Å². The average molecular weight is 372 g/mol. The number of benzene rings is 2. The molecule has 0 aliphatic heterocycles. The SMILES string of the molecule is COc1cccc(CCC(=O)c2ccc3c(c2)c(=O)n(C)c2cnccc32)c1. The van der Waals surface area contributed by atoms with Crippen molar-refractivity contribution in [3.05, 3.63) is 82.4 Å². The summed E-state index contributed by atoms with van der Waals surface area (Å²) >= 11 is 0. The molecule has 0 aliphatic carbocycles. The van der Waals surface area contributed by atoms with Crippen LogP contribution in [0.3, 0.4) is 0 Å². The standard InChI is InChI=1S/C23H20N2O3/c1-25-21-14-24-11-10-19(21)18-8-7-16(13-20(18)23(25)27)22(26)9-6-15-4-3-5-17(12-15)28-2/h3-5,7-8,10-14H,6,9H2,1-2H3. The van der Waals surface area contributed by atoms with Crippen LogP contribution in [0.1, 0.15) is 22.3 Å². The van der Waals surface area contributed by atoms with E-state index in [0.717, 1.165) is 27.6 Å². The summed E-state index contributed by atoms with van der Waals surface area (Å²) < 4.78 is 6.81. The fourth-order valence-electron chi connectivity index (χ4n) is 3.53. The normalized spacial score (nSPS) is 11.1. The first-order valence-electron chi connectivity index (χ1n) is 9.11. The Morgan fingerprint density at radius 3 is 2.75 bits per heavy atom. The average Bonchev–Trinajstić information content (AvgIpc) is 2.75. The van der Waals surface area contributed by atoms with Crippen LogP contribution in [0.15, 0.2) is 65.7 Å². The number of nitrogens with zero attached hydrogens (tertiary/aromatic N) is 2. The van der Waals surface area contributed by atoms with Crippen LogP contribution in [-0.4, -0.2) is 22.4 Å². The van der Waals surface area contributed by atoms with Crippen LogP contribution in [0, 0.1) is 0 Å². The van der Waals surface area contributed by atoms with Crippen molar-refractivity contribution < 1.29 is 9.53 Å². The lowest BCUT2D eigenvalue weighted by molar-refractivity contribution is 0.0983. The Labute approximate surface area is 162 Å². The van der Waals surface area contributed by atoms with Crippen molar-refractivity contribution in [1.82, 2.24) is 9.55 Å². The zero-order valence-electron chi connectivity index (χ0n) is 15.8. The van der Waals surface area contributed by atoms with Gasteiger partial charge in [-0.05, 0) is 41.6 Å². The maximum atomic E-state index is 12.8. The maximum absolute atomic E-state index is 12.8. The molecule has 0 N–H and O–H groups in total. The molecule has 2 heterocycles. The van der Waals surface area contributed by atoms with E-state index in [-0.39, 0.29) is 11.3 Å². The summed E-state index contributed by atoms with van der Waals surface area (Å²) in [6.45, 7) is 0. The molecule has 0 radical (unpaired) electrons. The molecule has 0 spiro atoms. The molecule has 0 amide bonds. The summed E-state index contributed by atoms with van der Waals surface area (Å²) in [4.78, 5) is 29.6. The molecule has 5 heteroatoms. The van der Waals surface area contributed by atoms with Crippen molar-refractivity contribution in [3.63, 3.8) is 0 Å². The second kappa shape index (κ2) is 7.27. The molecule has 0 bridgehead atoms. The molecule has 2 aromatic heterocycles. The van der Waals surface area contributed by atoms with Gasteiger partial charge >= 0.3 is 0 Å². The van der Waals surface area contributed by atoms with E-state index in [1.165, 1.54) is 0 Å². The first-order valence-corrected chi connectivity index (χ1v) is 9.11. The number of rotatable bonds is 5. The van der Waals surface area contributed by atoms with Gasteiger partial charge in [0.15, 0.2) is 5.78 Å². The molecule has 140 valence electrons. The van der Waals surface area contributed by atoms with Crippen LogP contribution >= 0.6 is 0 Å². The molecule has 4 aromatic rings. The number of hydrogen-bond acceptors (Lipinski definition) is 4. The summed E-state index contributed by atoms with van der Waals surface area (Å²) in [5, 5.41) is 2.33. The topological polar surface area (TPSA) is 61.2 Å². The third-order valence-electron chi connectivity index (χ3n) is 5.10. The highest BCUT2D eigenvalue weighted by molar-refractivity contribution is 6.08. The maximum Gasteiger partial charge on any atom is 0.258 e. The Hall–Kier alpha value is -3.47. The van der Waals surface area contributed by atoms with E-state index in [9.17, 15) is 9.59 Å². The number of Topliss-reactive ketones (excluding diaryl/α,β-unsaturated/α-hetero) is 1. The van der Waals surface area contributed by atoms with Crippen LogP contribution in [0.2, 0.25) is 0 Å². The lowest BCUT2D eigenvalue weighted by Gasteiger charge is -2.10. The number of aromatic nitrogens is 2. The molecular weight excluding hydrogens is 352 g/mol.